The zero-order valence-electron chi connectivity index (χ0n) is 13.1. The fraction of sp³-hybridized carbons (Fsp3) is 0.188. The third-order valence-electron chi connectivity index (χ3n) is 3.33. The average molecular weight is 322 g/mol. The van der Waals surface area contributed by atoms with E-state index in [2.05, 4.69) is 20.4 Å². The van der Waals surface area contributed by atoms with E-state index in [1.54, 1.807) is 22.8 Å². The Morgan fingerprint density at radius 3 is 2.75 bits per heavy atom. The number of pyridine rings is 1. The molecule has 0 radical (unpaired) electrons. The predicted molar refractivity (Wildman–Crippen MR) is 86.7 cm³/mol. The van der Waals surface area contributed by atoms with E-state index in [1.165, 1.54) is 12.4 Å². The van der Waals surface area contributed by atoms with Crippen LogP contribution >= 0.6 is 0 Å². The van der Waals surface area contributed by atoms with Crippen LogP contribution in [0, 0.1) is 11.3 Å². The molecule has 8 heteroatoms. The van der Waals surface area contributed by atoms with Crippen LogP contribution < -0.4 is 5.32 Å². The van der Waals surface area contributed by atoms with Crippen LogP contribution in [0.1, 0.15) is 29.8 Å². The molecule has 0 aliphatic rings. The smallest absolute Gasteiger partial charge is 0.339 e. The molecular weight excluding hydrogens is 308 g/mol. The lowest BCUT2D eigenvalue weighted by Gasteiger charge is -2.13. The summed E-state index contributed by atoms with van der Waals surface area (Å²) >= 11 is 0. The number of carbonyl (C=O) groups is 1. The molecule has 0 fully saturated rings. The number of nitriles is 1. The van der Waals surface area contributed by atoms with E-state index in [0.29, 0.717) is 28.3 Å². The second-order valence-electron chi connectivity index (χ2n) is 5.49. The van der Waals surface area contributed by atoms with Crippen molar-refractivity contribution in [2.75, 3.05) is 5.32 Å². The molecule has 0 atom stereocenters. The molecule has 3 aromatic heterocycles. The van der Waals surface area contributed by atoms with Crippen LogP contribution in [-0.4, -0.2) is 36.7 Å². The zero-order chi connectivity index (χ0) is 17.3. The second-order valence-corrected chi connectivity index (χ2v) is 5.49. The third kappa shape index (κ3) is 2.75. The molecule has 0 saturated carbocycles. The number of hydrogen-bond acceptors (Lipinski definition) is 6. The Morgan fingerprint density at radius 2 is 2.08 bits per heavy atom. The minimum absolute atomic E-state index is 0.0665. The summed E-state index contributed by atoms with van der Waals surface area (Å²) in [7, 11) is 0. The highest BCUT2D eigenvalue weighted by Crippen LogP contribution is 2.24. The molecule has 0 bridgehead atoms. The van der Waals surface area contributed by atoms with Crippen LogP contribution in [0.4, 0.5) is 5.69 Å². The molecule has 0 amide bonds. The molecule has 2 N–H and O–H groups in total. The monoisotopic (exact) mass is 322 g/mol. The molecule has 0 saturated heterocycles. The van der Waals surface area contributed by atoms with Gasteiger partial charge in [0.2, 0.25) is 0 Å². The van der Waals surface area contributed by atoms with E-state index in [1.807, 2.05) is 19.9 Å². The standard InChI is InChI=1S/C16H14N6O2/c1-9(2)21-12-4-13(18-7-11(12)16(23)24)14-8-19-15-3-10(5-17)6-20-22(14)15/h3-4,6-9H,1-2H3,(H,18,21)(H,23,24). The van der Waals surface area contributed by atoms with Gasteiger partial charge in [0.25, 0.3) is 0 Å². The van der Waals surface area contributed by atoms with Gasteiger partial charge in [0.15, 0.2) is 5.65 Å². The van der Waals surface area contributed by atoms with Gasteiger partial charge in [-0.05, 0) is 19.9 Å². The van der Waals surface area contributed by atoms with Crippen LogP contribution in [0.15, 0.2) is 30.7 Å². The number of aromatic nitrogens is 4. The SMILES string of the molecule is CC(C)Nc1cc(-c2cnc3cc(C#N)cnn23)ncc1C(=O)O. The van der Waals surface area contributed by atoms with Gasteiger partial charge in [-0.25, -0.2) is 14.3 Å². The maximum absolute atomic E-state index is 11.3. The molecule has 0 aliphatic heterocycles. The van der Waals surface area contributed by atoms with E-state index < -0.39 is 5.97 Å². The molecule has 3 rings (SSSR count). The lowest BCUT2D eigenvalue weighted by atomic mass is 10.1. The Morgan fingerprint density at radius 1 is 1.29 bits per heavy atom. The third-order valence-corrected chi connectivity index (χ3v) is 3.33. The maximum Gasteiger partial charge on any atom is 0.339 e. The topological polar surface area (TPSA) is 116 Å². The Bertz CT molecular complexity index is 970. The molecular formula is C16H14N6O2. The first kappa shape index (κ1) is 15.4. The van der Waals surface area contributed by atoms with Crippen molar-refractivity contribution >= 4 is 17.3 Å². The molecule has 24 heavy (non-hydrogen) atoms. The quantitative estimate of drug-likeness (QED) is 0.756. The highest BCUT2D eigenvalue weighted by atomic mass is 16.4. The van der Waals surface area contributed by atoms with Crippen molar-refractivity contribution in [2.45, 2.75) is 19.9 Å². The van der Waals surface area contributed by atoms with Crippen LogP contribution in [0.5, 0.6) is 0 Å². The number of carboxylic acids is 1. The molecule has 0 aromatic carbocycles. The van der Waals surface area contributed by atoms with Gasteiger partial charge in [0.05, 0.1) is 29.3 Å². The van der Waals surface area contributed by atoms with Gasteiger partial charge in [0, 0.05) is 18.3 Å². The number of hydrogen-bond donors (Lipinski definition) is 2. The fourth-order valence-electron chi connectivity index (χ4n) is 2.31. The number of aromatic carboxylic acids is 1. The number of carboxylic acid groups (broad SMARTS) is 1. The number of rotatable bonds is 4. The largest absolute Gasteiger partial charge is 0.478 e. The summed E-state index contributed by atoms with van der Waals surface area (Å²) in [6, 6.07) is 5.36. The van der Waals surface area contributed by atoms with Gasteiger partial charge in [-0.15, -0.1) is 0 Å². The van der Waals surface area contributed by atoms with E-state index >= 15 is 0 Å². The molecule has 3 heterocycles. The molecule has 120 valence electrons. The minimum atomic E-state index is -1.05. The maximum atomic E-state index is 11.3. The number of nitrogens with one attached hydrogen (secondary N) is 1. The van der Waals surface area contributed by atoms with Gasteiger partial charge in [0.1, 0.15) is 17.3 Å². The lowest BCUT2D eigenvalue weighted by molar-refractivity contribution is 0.0697. The summed E-state index contributed by atoms with van der Waals surface area (Å²) in [6.45, 7) is 3.84. The molecule has 0 unspecified atom stereocenters. The molecule has 0 aliphatic carbocycles. The van der Waals surface area contributed by atoms with Crippen molar-refractivity contribution in [3.63, 3.8) is 0 Å². The van der Waals surface area contributed by atoms with Crippen LogP contribution in [0.3, 0.4) is 0 Å². The summed E-state index contributed by atoms with van der Waals surface area (Å²) in [5.74, 6) is -1.05. The number of imidazole rings is 1. The van der Waals surface area contributed by atoms with Crippen molar-refractivity contribution in [3.8, 4) is 17.5 Å². The van der Waals surface area contributed by atoms with Gasteiger partial charge in [-0.3, -0.25) is 4.98 Å². The van der Waals surface area contributed by atoms with Crippen molar-refractivity contribution < 1.29 is 9.90 Å². The first-order chi connectivity index (χ1) is 11.5. The molecule has 0 spiro atoms. The Balaban J connectivity index is 2.13. The van der Waals surface area contributed by atoms with Crippen molar-refractivity contribution in [1.82, 2.24) is 19.6 Å². The predicted octanol–water partition coefficient (Wildman–Crippen LogP) is 2.18. The fourth-order valence-corrected chi connectivity index (χ4v) is 2.31. The van der Waals surface area contributed by atoms with Gasteiger partial charge >= 0.3 is 5.97 Å². The number of anilines is 1. The van der Waals surface area contributed by atoms with Gasteiger partial charge in [-0.1, -0.05) is 0 Å². The number of nitrogens with zero attached hydrogens (tertiary/aromatic N) is 5. The van der Waals surface area contributed by atoms with E-state index in [-0.39, 0.29) is 11.6 Å². The van der Waals surface area contributed by atoms with E-state index in [9.17, 15) is 9.90 Å². The normalized spacial score (nSPS) is 10.8. The summed E-state index contributed by atoms with van der Waals surface area (Å²) < 4.78 is 1.56. The number of fused-ring (bicyclic) bond motifs is 1. The second kappa shape index (κ2) is 5.96. The molecule has 3 aromatic rings. The Kier molecular flexibility index (Phi) is 3.83. The van der Waals surface area contributed by atoms with Crippen molar-refractivity contribution in [2.24, 2.45) is 0 Å². The summed E-state index contributed by atoms with van der Waals surface area (Å²) in [5.41, 5.74) is 2.65. The van der Waals surface area contributed by atoms with Crippen molar-refractivity contribution in [1.29, 1.82) is 5.26 Å². The van der Waals surface area contributed by atoms with Gasteiger partial charge < -0.3 is 10.4 Å². The molecule has 8 nitrogen and oxygen atoms in total. The summed E-state index contributed by atoms with van der Waals surface area (Å²) in [5, 5.41) is 25.5. The van der Waals surface area contributed by atoms with E-state index in [0.717, 1.165) is 0 Å². The van der Waals surface area contributed by atoms with Gasteiger partial charge in [-0.2, -0.15) is 10.4 Å². The minimum Gasteiger partial charge on any atom is -0.478 e. The zero-order valence-corrected chi connectivity index (χ0v) is 13.1. The first-order valence-corrected chi connectivity index (χ1v) is 7.23. The van der Waals surface area contributed by atoms with Crippen LogP contribution in [-0.2, 0) is 0 Å². The summed E-state index contributed by atoms with van der Waals surface area (Å²) in [4.78, 5) is 19.8. The Labute approximate surface area is 137 Å². The van der Waals surface area contributed by atoms with Crippen LogP contribution in [0.25, 0.3) is 17.0 Å². The Hall–Kier alpha value is -3.47. The van der Waals surface area contributed by atoms with E-state index in [4.69, 9.17) is 5.26 Å². The van der Waals surface area contributed by atoms with Crippen molar-refractivity contribution in [3.05, 3.63) is 41.9 Å². The lowest BCUT2D eigenvalue weighted by Crippen LogP contribution is -2.14. The highest BCUT2D eigenvalue weighted by Gasteiger charge is 2.16. The van der Waals surface area contributed by atoms with Crippen LogP contribution in [0.2, 0.25) is 0 Å². The summed E-state index contributed by atoms with van der Waals surface area (Å²) in [6.07, 6.45) is 4.34. The first-order valence-electron chi connectivity index (χ1n) is 7.23. The highest BCUT2D eigenvalue weighted by molar-refractivity contribution is 5.94. The average Bonchev–Trinajstić information content (AvgIpc) is 2.96.